The highest BCUT2D eigenvalue weighted by Crippen LogP contribution is 2.26. The van der Waals surface area contributed by atoms with Crippen molar-refractivity contribution in [3.8, 4) is 0 Å². The molecule has 3 aromatic carbocycles. The predicted octanol–water partition coefficient (Wildman–Crippen LogP) is 5.59. The Bertz CT molecular complexity index is 1210. The SMILES string of the molecule is Cc1ccc(S(=O)(=O)N(CC(=O)NCCCSCc2ccccc2C)c2cccc(Cl)c2)cc1. The summed E-state index contributed by atoms with van der Waals surface area (Å²) in [6, 6.07) is 21.4. The molecule has 0 heterocycles. The van der Waals surface area contributed by atoms with Crippen LogP contribution in [0.5, 0.6) is 0 Å². The monoisotopic (exact) mass is 516 g/mol. The summed E-state index contributed by atoms with van der Waals surface area (Å²) < 4.78 is 27.8. The van der Waals surface area contributed by atoms with Crippen LogP contribution in [0.25, 0.3) is 0 Å². The molecule has 34 heavy (non-hydrogen) atoms. The van der Waals surface area contributed by atoms with Crippen LogP contribution in [0.4, 0.5) is 5.69 Å². The van der Waals surface area contributed by atoms with E-state index in [1.165, 1.54) is 11.1 Å². The zero-order valence-electron chi connectivity index (χ0n) is 19.3. The van der Waals surface area contributed by atoms with E-state index in [2.05, 4.69) is 24.4 Å². The fraction of sp³-hybridized carbons (Fsp3) is 0.269. The lowest BCUT2D eigenvalue weighted by molar-refractivity contribution is -0.119. The van der Waals surface area contributed by atoms with E-state index in [1.54, 1.807) is 48.5 Å². The van der Waals surface area contributed by atoms with Gasteiger partial charge in [-0.1, -0.05) is 59.6 Å². The van der Waals surface area contributed by atoms with Gasteiger partial charge in [-0.2, -0.15) is 11.8 Å². The molecule has 0 saturated heterocycles. The molecule has 8 heteroatoms. The number of halogens is 1. The fourth-order valence-corrected chi connectivity index (χ4v) is 5.96. The first-order valence-corrected chi connectivity index (χ1v) is 14.0. The van der Waals surface area contributed by atoms with Gasteiger partial charge in [-0.25, -0.2) is 8.42 Å². The average molecular weight is 517 g/mol. The van der Waals surface area contributed by atoms with Crippen molar-refractivity contribution in [1.82, 2.24) is 5.32 Å². The number of carbonyl (C=O) groups excluding carboxylic acids is 1. The minimum absolute atomic E-state index is 0.124. The molecular formula is C26H29ClN2O3S2. The van der Waals surface area contributed by atoms with Crippen molar-refractivity contribution in [3.63, 3.8) is 0 Å². The zero-order chi connectivity index (χ0) is 24.6. The first-order valence-electron chi connectivity index (χ1n) is 11.0. The fourth-order valence-electron chi connectivity index (χ4n) is 3.33. The number of amides is 1. The number of rotatable bonds is 11. The molecule has 0 aromatic heterocycles. The summed E-state index contributed by atoms with van der Waals surface area (Å²) >= 11 is 7.92. The Kier molecular flexibility index (Phi) is 9.45. The average Bonchev–Trinajstić information content (AvgIpc) is 2.81. The number of carbonyl (C=O) groups is 1. The van der Waals surface area contributed by atoms with E-state index in [1.807, 2.05) is 30.8 Å². The van der Waals surface area contributed by atoms with E-state index in [-0.39, 0.29) is 17.3 Å². The third-order valence-electron chi connectivity index (χ3n) is 5.30. The molecule has 0 atom stereocenters. The number of sulfonamides is 1. The summed E-state index contributed by atoms with van der Waals surface area (Å²) in [4.78, 5) is 12.8. The number of benzene rings is 3. The van der Waals surface area contributed by atoms with Gasteiger partial charge in [-0.3, -0.25) is 9.10 Å². The molecular weight excluding hydrogens is 488 g/mol. The second-order valence-corrected chi connectivity index (χ2v) is 11.4. The Balaban J connectivity index is 1.59. The largest absolute Gasteiger partial charge is 0.354 e. The minimum atomic E-state index is -3.95. The van der Waals surface area contributed by atoms with E-state index in [0.717, 1.165) is 27.8 Å². The maximum absolute atomic E-state index is 13.4. The second-order valence-electron chi connectivity index (χ2n) is 7.99. The van der Waals surface area contributed by atoms with Crippen molar-refractivity contribution < 1.29 is 13.2 Å². The normalized spacial score (nSPS) is 11.3. The predicted molar refractivity (Wildman–Crippen MR) is 142 cm³/mol. The zero-order valence-corrected chi connectivity index (χ0v) is 21.7. The molecule has 0 aliphatic rings. The lowest BCUT2D eigenvalue weighted by Crippen LogP contribution is -2.41. The van der Waals surface area contributed by atoms with Gasteiger partial charge in [0.25, 0.3) is 10.0 Å². The number of anilines is 1. The molecule has 1 N–H and O–H groups in total. The number of nitrogens with zero attached hydrogens (tertiary/aromatic N) is 1. The highest BCUT2D eigenvalue weighted by atomic mass is 35.5. The Morgan fingerprint density at radius 2 is 1.74 bits per heavy atom. The molecule has 0 bridgehead atoms. The first kappa shape index (κ1) is 26.1. The van der Waals surface area contributed by atoms with Crippen LogP contribution in [0.15, 0.2) is 77.7 Å². The highest BCUT2D eigenvalue weighted by molar-refractivity contribution is 7.98. The van der Waals surface area contributed by atoms with Gasteiger partial charge in [0.05, 0.1) is 10.6 Å². The Labute approximate surface area is 211 Å². The molecule has 180 valence electrons. The molecule has 0 saturated carbocycles. The van der Waals surface area contributed by atoms with Crippen molar-refractivity contribution >= 4 is 45.0 Å². The van der Waals surface area contributed by atoms with Crippen LogP contribution in [-0.4, -0.2) is 33.2 Å². The smallest absolute Gasteiger partial charge is 0.264 e. The van der Waals surface area contributed by atoms with E-state index < -0.39 is 10.0 Å². The van der Waals surface area contributed by atoms with Crippen molar-refractivity contribution in [2.75, 3.05) is 23.1 Å². The second kappa shape index (κ2) is 12.3. The van der Waals surface area contributed by atoms with E-state index in [4.69, 9.17) is 11.6 Å². The van der Waals surface area contributed by atoms with Gasteiger partial charge in [0.15, 0.2) is 0 Å². The van der Waals surface area contributed by atoms with Gasteiger partial charge in [-0.05, 0) is 67.5 Å². The van der Waals surface area contributed by atoms with Gasteiger partial charge < -0.3 is 5.32 Å². The van der Waals surface area contributed by atoms with E-state index in [0.29, 0.717) is 17.3 Å². The summed E-state index contributed by atoms with van der Waals surface area (Å²) in [6.07, 6.45) is 0.796. The molecule has 0 radical (unpaired) electrons. The summed E-state index contributed by atoms with van der Waals surface area (Å²) in [5.41, 5.74) is 3.89. The van der Waals surface area contributed by atoms with Crippen LogP contribution in [0.1, 0.15) is 23.1 Å². The van der Waals surface area contributed by atoms with Gasteiger partial charge in [-0.15, -0.1) is 0 Å². The van der Waals surface area contributed by atoms with Crippen LogP contribution >= 0.6 is 23.4 Å². The summed E-state index contributed by atoms with van der Waals surface area (Å²) in [5.74, 6) is 1.46. The Hall–Kier alpha value is -2.48. The standard InChI is InChI=1S/C26H29ClN2O3S2/c1-20-11-13-25(14-12-20)34(31,32)29(24-10-5-9-23(27)17-24)18-26(30)28-15-6-16-33-19-22-8-4-3-7-21(22)2/h3-5,7-14,17H,6,15-16,18-19H2,1-2H3,(H,28,30). The molecule has 0 unspecified atom stereocenters. The maximum Gasteiger partial charge on any atom is 0.264 e. The molecule has 3 aromatic rings. The van der Waals surface area contributed by atoms with Gasteiger partial charge >= 0.3 is 0 Å². The van der Waals surface area contributed by atoms with Crippen LogP contribution in [0.3, 0.4) is 0 Å². The number of thioether (sulfide) groups is 1. The lowest BCUT2D eigenvalue weighted by Gasteiger charge is -2.24. The topological polar surface area (TPSA) is 66.5 Å². The van der Waals surface area contributed by atoms with Gasteiger partial charge in [0.2, 0.25) is 5.91 Å². The molecule has 0 fully saturated rings. The van der Waals surface area contributed by atoms with Crippen LogP contribution in [0, 0.1) is 13.8 Å². The quantitative estimate of drug-likeness (QED) is 0.337. The molecule has 0 aliphatic carbocycles. The number of hydrogen-bond donors (Lipinski definition) is 1. The molecule has 5 nitrogen and oxygen atoms in total. The third kappa shape index (κ3) is 7.26. The van der Waals surface area contributed by atoms with Crippen LogP contribution in [0.2, 0.25) is 5.02 Å². The molecule has 0 aliphatic heterocycles. The highest BCUT2D eigenvalue weighted by Gasteiger charge is 2.27. The number of nitrogens with one attached hydrogen (secondary N) is 1. The van der Waals surface area contributed by atoms with Crippen molar-refractivity contribution in [2.45, 2.75) is 30.9 Å². The molecule has 3 rings (SSSR count). The number of hydrogen-bond acceptors (Lipinski definition) is 4. The first-order chi connectivity index (χ1) is 16.3. The van der Waals surface area contributed by atoms with Crippen molar-refractivity contribution in [2.24, 2.45) is 0 Å². The minimum Gasteiger partial charge on any atom is -0.354 e. The molecule has 0 spiro atoms. The third-order valence-corrected chi connectivity index (χ3v) is 8.41. The van der Waals surface area contributed by atoms with E-state index >= 15 is 0 Å². The Morgan fingerprint density at radius 3 is 2.44 bits per heavy atom. The Morgan fingerprint density at radius 1 is 1.00 bits per heavy atom. The lowest BCUT2D eigenvalue weighted by atomic mass is 10.1. The summed E-state index contributed by atoms with van der Waals surface area (Å²) in [5, 5.41) is 3.24. The van der Waals surface area contributed by atoms with Crippen molar-refractivity contribution in [3.05, 3.63) is 94.5 Å². The summed E-state index contributed by atoms with van der Waals surface area (Å²) in [7, 11) is -3.95. The molecule has 1 amide bonds. The van der Waals surface area contributed by atoms with Crippen LogP contribution in [-0.2, 0) is 20.6 Å². The van der Waals surface area contributed by atoms with E-state index in [9.17, 15) is 13.2 Å². The summed E-state index contributed by atoms with van der Waals surface area (Å²) in [6.45, 7) is 4.14. The van der Waals surface area contributed by atoms with Crippen LogP contribution < -0.4 is 9.62 Å². The van der Waals surface area contributed by atoms with Gasteiger partial charge in [0, 0.05) is 17.3 Å². The maximum atomic E-state index is 13.4. The number of aryl methyl sites for hydroxylation is 2. The van der Waals surface area contributed by atoms with Crippen molar-refractivity contribution in [1.29, 1.82) is 0 Å². The van der Waals surface area contributed by atoms with Gasteiger partial charge in [0.1, 0.15) is 6.54 Å².